The highest BCUT2D eigenvalue weighted by Crippen LogP contribution is 2.44. The zero-order chi connectivity index (χ0) is 28.1. The normalized spacial score (nSPS) is 14.6. The average Bonchev–Trinajstić information content (AvgIpc) is 3.39. The number of hydrazone groups is 1. The number of amidine groups is 1. The van der Waals surface area contributed by atoms with E-state index in [1.807, 2.05) is 114 Å². The first-order chi connectivity index (χ1) is 19.5. The van der Waals surface area contributed by atoms with Gasteiger partial charge < -0.3 is 14.2 Å². The van der Waals surface area contributed by atoms with E-state index >= 15 is 0 Å². The summed E-state index contributed by atoms with van der Waals surface area (Å²) in [4.78, 5) is 14.9. The first-order valence-corrected chi connectivity index (χ1v) is 13.8. The molecule has 204 valence electrons. The number of methoxy groups -OCH3 is 1. The van der Waals surface area contributed by atoms with Gasteiger partial charge in [-0.1, -0.05) is 48.5 Å². The maximum Gasteiger partial charge on any atom is 0.198 e. The van der Waals surface area contributed by atoms with Crippen LogP contribution in [0.3, 0.4) is 0 Å². The number of ether oxygens (including phenoxy) is 3. The van der Waals surface area contributed by atoms with E-state index in [1.54, 1.807) is 7.11 Å². The number of hydrogen-bond acceptors (Lipinski definition) is 7. The van der Waals surface area contributed by atoms with E-state index in [-0.39, 0.29) is 5.78 Å². The van der Waals surface area contributed by atoms with Gasteiger partial charge >= 0.3 is 0 Å². The van der Waals surface area contributed by atoms with Gasteiger partial charge in [-0.3, -0.25) is 9.69 Å². The van der Waals surface area contributed by atoms with Gasteiger partial charge in [0.2, 0.25) is 0 Å². The van der Waals surface area contributed by atoms with E-state index in [1.165, 1.54) is 6.92 Å². The Labute approximate surface area is 242 Å². The zero-order valence-corrected chi connectivity index (χ0v) is 24.2. The van der Waals surface area contributed by atoms with Gasteiger partial charge in [-0.05, 0) is 76.9 Å². The molecular formula is C32H30BrN3O4. The standard InChI is InChI=1S/C32H30BrN3O4/c1-4-39-27-17-15-25(16-18-27)35-31(22(2)37)34-36(26-13-9-6-10-14-26)32(35)24-19-28(33)30(29(20-24)38-3)40-21-23-11-7-5-8-12-23/h5-20,32H,4,21H2,1-3H3/t32-/m0/s1. The van der Waals surface area contributed by atoms with Gasteiger partial charge in [-0.2, -0.15) is 0 Å². The number of para-hydroxylation sites is 1. The predicted octanol–water partition coefficient (Wildman–Crippen LogP) is 7.36. The maximum atomic E-state index is 12.9. The van der Waals surface area contributed by atoms with Gasteiger partial charge in [-0.25, -0.2) is 5.01 Å². The minimum Gasteiger partial charge on any atom is -0.494 e. The van der Waals surface area contributed by atoms with Crippen LogP contribution in [0.4, 0.5) is 11.4 Å². The number of ketones is 1. The first-order valence-electron chi connectivity index (χ1n) is 13.0. The Morgan fingerprint density at radius 1 is 0.900 bits per heavy atom. The Hall–Kier alpha value is -4.30. The Bertz CT molecular complexity index is 1490. The monoisotopic (exact) mass is 599 g/mol. The van der Waals surface area contributed by atoms with Crippen LogP contribution in [0.25, 0.3) is 0 Å². The molecule has 0 aliphatic carbocycles. The van der Waals surface area contributed by atoms with E-state index in [0.717, 1.165) is 32.7 Å². The molecule has 0 aromatic heterocycles. The van der Waals surface area contributed by atoms with E-state index in [4.69, 9.17) is 19.3 Å². The number of carbonyl (C=O) groups is 1. The second-order valence-corrected chi connectivity index (χ2v) is 9.99. The molecule has 0 fully saturated rings. The molecule has 40 heavy (non-hydrogen) atoms. The van der Waals surface area contributed by atoms with Crippen LogP contribution in [-0.2, 0) is 11.4 Å². The molecule has 0 bridgehead atoms. The number of carbonyl (C=O) groups excluding carboxylic acids is 1. The molecule has 0 N–H and O–H groups in total. The fraction of sp³-hybridized carbons (Fsp3) is 0.188. The third-order valence-electron chi connectivity index (χ3n) is 6.44. The minimum absolute atomic E-state index is 0.147. The third-order valence-corrected chi connectivity index (χ3v) is 7.03. The van der Waals surface area contributed by atoms with Crippen LogP contribution in [0.1, 0.15) is 31.1 Å². The Morgan fingerprint density at radius 2 is 1.57 bits per heavy atom. The van der Waals surface area contributed by atoms with E-state index in [2.05, 4.69) is 15.9 Å². The highest BCUT2D eigenvalue weighted by molar-refractivity contribution is 9.10. The van der Waals surface area contributed by atoms with Crippen LogP contribution in [0.2, 0.25) is 0 Å². The lowest BCUT2D eigenvalue weighted by Crippen LogP contribution is -2.37. The molecule has 4 aromatic carbocycles. The SMILES string of the molecule is CCOc1ccc(N2C(C(C)=O)=NN(c3ccccc3)[C@H]2c2cc(Br)c(OCc3ccccc3)c(OC)c2)cc1. The third kappa shape index (κ3) is 5.67. The number of nitrogens with zero attached hydrogens (tertiary/aromatic N) is 3. The minimum atomic E-state index is -0.479. The molecular weight excluding hydrogens is 570 g/mol. The molecule has 0 unspecified atom stereocenters. The number of benzene rings is 4. The van der Waals surface area contributed by atoms with Crippen molar-refractivity contribution < 1.29 is 19.0 Å². The summed E-state index contributed by atoms with van der Waals surface area (Å²) in [5.41, 5.74) is 3.56. The number of halogens is 1. The van der Waals surface area contributed by atoms with Crippen LogP contribution in [-0.4, -0.2) is 25.3 Å². The number of rotatable bonds is 10. The fourth-order valence-electron chi connectivity index (χ4n) is 4.63. The molecule has 0 spiro atoms. The van der Waals surface area contributed by atoms with Crippen molar-refractivity contribution in [3.63, 3.8) is 0 Å². The summed E-state index contributed by atoms with van der Waals surface area (Å²) in [6.07, 6.45) is -0.479. The zero-order valence-electron chi connectivity index (χ0n) is 22.6. The Morgan fingerprint density at radius 3 is 2.20 bits per heavy atom. The van der Waals surface area contributed by atoms with Gasteiger partial charge in [-0.15, -0.1) is 5.10 Å². The Balaban J connectivity index is 1.59. The highest BCUT2D eigenvalue weighted by atomic mass is 79.9. The van der Waals surface area contributed by atoms with Gasteiger partial charge in [0.15, 0.2) is 29.3 Å². The lowest BCUT2D eigenvalue weighted by Gasteiger charge is -2.32. The van der Waals surface area contributed by atoms with Crippen molar-refractivity contribution in [1.29, 1.82) is 0 Å². The van der Waals surface area contributed by atoms with Crippen molar-refractivity contribution in [2.24, 2.45) is 5.10 Å². The van der Waals surface area contributed by atoms with Crippen LogP contribution >= 0.6 is 15.9 Å². The predicted molar refractivity (Wildman–Crippen MR) is 161 cm³/mol. The van der Waals surface area contributed by atoms with E-state index in [0.29, 0.717) is 30.5 Å². The average molecular weight is 601 g/mol. The smallest absolute Gasteiger partial charge is 0.198 e. The van der Waals surface area contributed by atoms with Crippen molar-refractivity contribution in [3.8, 4) is 17.2 Å². The molecule has 1 aliphatic heterocycles. The van der Waals surface area contributed by atoms with Crippen molar-refractivity contribution in [2.45, 2.75) is 26.6 Å². The van der Waals surface area contributed by atoms with Gasteiger partial charge in [0.25, 0.3) is 0 Å². The summed E-state index contributed by atoms with van der Waals surface area (Å²) >= 11 is 3.72. The van der Waals surface area contributed by atoms with Crippen molar-refractivity contribution in [1.82, 2.24) is 0 Å². The van der Waals surface area contributed by atoms with Crippen molar-refractivity contribution in [3.05, 3.63) is 113 Å². The molecule has 0 radical (unpaired) electrons. The van der Waals surface area contributed by atoms with Crippen molar-refractivity contribution >= 4 is 38.9 Å². The van der Waals surface area contributed by atoms with Crippen LogP contribution in [0.5, 0.6) is 17.2 Å². The quantitative estimate of drug-likeness (QED) is 0.190. The number of Topliss-reactive ketones (excluding diaryl/α,β-unsaturated/α-hetero) is 1. The summed E-state index contributed by atoms with van der Waals surface area (Å²) in [5, 5.41) is 6.68. The summed E-state index contributed by atoms with van der Waals surface area (Å²) in [6.45, 7) is 4.44. The van der Waals surface area contributed by atoms with E-state index in [9.17, 15) is 4.79 Å². The van der Waals surface area contributed by atoms with Gasteiger partial charge in [0.1, 0.15) is 12.4 Å². The number of hydrogen-bond donors (Lipinski definition) is 0. The fourth-order valence-corrected chi connectivity index (χ4v) is 5.21. The topological polar surface area (TPSA) is 63.6 Å². The molecule has 1 atom stereocenters. The summed E-state index contributed by atoms with van der Waals surface area (Å²) < 4.78 is 18.4. The molecule has 5 rings (SSSR count). The van der Waals surface area contributed by atoms with Crippen LogP contribution in [0.15, 0.2) is 107 Å². The molecule has 8 heteroatoms. The second kappa shape index (κ2) is 12.3. The Kier molecular flexibility index (Phi) is 8.36. The first kappa shape index (κ1) is 27.3. The summed E-state index contributed by atoms with van der Waals surface area (Å²) in [5.74, 6) is 2.10. The summed E-state index contributed by atoms with van der Waals surface area (Å²) in [6, 6.07) is 31.4. The lowest BCUT2D eigenvalue weighted by atomic mass is 10.1. The molecule has 4 aromatic rings. The lowest BCUT2D eigenvalue weighted by molar-refractivity contribution is -0.111. The summed E-state index contributed by atoms with van der Waals surface area (Å²) in [7, 11) is 1.62. The van der Waals surface area contributed by atoms with Crippen LogP contribution < -0.4 is 24.1 Å². The molecule has 0 amide bonds. The van der Waals surface area contributed by atoms with E-state index < -0.39 is 6.17 Å². The molecule has 7 nitrogen and oxygen atoms in total. The van der Waals surface area contributed by atoms with Crippen LogP contribution in [0, 0.1) is 0 Å². The number of anilines is 2. The largest absolute Gasteiger partial charge is 0.494 e. The maximum absolute atomic E-state index is 12.9. The van der Waals surface area contributed by atoms with Crippen molar-refractivity contribution in [2.75, 3.05) is 23.6 Å². The molecule has 0 saturated carbocycles. The molecule has 1 aliphatic rings. The van der Waals surface area contributed by atoms with Gasteiger partial charge in [0, 0.05) is 18.2 Å². The highest BCUT2D eigenvalue weighted by Gasteiger charge is 2.40. The molecule has 0 saturated heterocycles. The second-order valence-electron chi connectivity index (χ2n) is 9.14. The molecule has 1 heterocycles. The van der Waals surface area contributed by atoms with Gasteiger partial charge in [0.05, 0.1) is 23.9 Å².